The molecule has 232 valence electrons. The fourth-order valence-corrected chi connectivity index (χ4v) is 5.34. The maximum Gasteiger partial charge on any atom is 0.316 e. The quantitative estimate of drug-likeness (QED) is 0.177. The van der Waals surface area contributed by atoms with Gasteiger partial charge in [-0.2, -0.15) is 23.1 Å². The van der Waals surface area contributed by atoms with Gasteiger partial charge in [-0.1, -0.05) is 42.5 Å². The molecule has 5 rings (SSSR count). The molecule has 1 aliphatic rings. The van der Waals surface area contributed by atoms with E-state index in [1.165, 1.54) is 7.11 Å². The molecule has 0 spiro atoms. The van der Waals surface area contributed by atoms with Crippen molar-refractivity contribution < 1.29 is 27.4 Å². The highest BCUT2D eigenvalue weighted by Gasteiger charge is 2.26. The Hall–Kier alpha value is -4.21. The van der Waals surface area contributed by atoms with Gasteiger partial charge in [0.2, 0.25) is 11.7 Å². The molecule has 2 aromatic heterocycles. The molecule has 0 aliphatic carbocycles. The molecule has 15 heteroatoms. The molecule has 0 amide bonds. The number of nitrogens with one attached hydrogen (secondary N) is 2. The second-order valence-electron chi connectivity index (χ2n) is 9.60. The van der Waals surface area contributed by atoms with Gasteiger partial charge in [-0.05, 0) is 52.9 Å². The summed E-state index contributed by atoms with van der Waals surface area (Å²) in [5.74, 6) is 0.925. The van der Waals surface area contributed by atoms with Crippen molar-refractivity contribution in [2.45, 2.75) is 25.8 Å². The third kappa shape index (κ3) is 8.67. The van der Waals surface area contributed by atoms with E-state index in [2.05, 4.69) is 45.3 Å². The van der Waals surface area contributed by atoms with Gasteiger partial charge in [0.15, 0.2) is 17.3 Å². The topological polar surface area (TPSA) is 150 Å². The van der Waals surface area contributed by atoms with E-state index < -0.39 is 10.2 Å². The number of rotatable bonds is 14. The number of aromatic nitrogens is 4. The van der Waals surface area contributed by atoms with Gasteiger partial charge in [0.1, 0.15) is 13.2 Å². The fraction of sp³-hybridized carbons (Fsp3) is 0.310. The molecule has 3 heterocycles. The van der Waals surface area contributed by atoms with Crippen LogP contribution in [0.2, 0.25) is 0 Å². The average molecular weight is 687 g/mol. The van der Waals surface area contributed by atoms with E-state index in [0.717, 1.165) is 29.3 Å². The molecule has 0 atom stereocenters. The minimum atomic E-state index is -4.11. The lowest BCUT2D eigenvalue weighted by Crippen LogP contribution is -2.33. The van der Waals surface area contributed by atoms with E-state index in [0.29, 0.717) is 30.5 Å². The van der Waals surface area contributed by atoms with Crippen molar-refractivity contribution in [3.63, 3.8) is 0 Å². The highest BCUT2D eigenvalue weighted by molar-refractivity contribution is 9.10. The zero-order valence-corrected chi connectivity index (χ0v) is 26.4. The van der Waals surface area contributed by atoms with Gasteiger partial charge in [-0.25, -0.2) is 9.97 Å². The molecule has 13 nitrogen and oxygen atoms in total. The second-order valence-corrected chi connectivity index (χ2v) is 12.0. The summed E-state index contributed by atoms with van der Waals surface area (Å²) in [6.45, 7) is 1.61. The normalized spacial score (nSPS) is 13.3. The number of methoxy groups -OCH3 is 1. The van der Waals surface area contributed by atoms with Crippen molar-refractivity contribution in [3.8, 4) is 29.1 Å². The molecule has 0 radical (unpaired) electrons. The summed E-state index contributed by atoms with van der Waals surface area (Å²) in [6, 6.07) is 16.3. The van der Waals surface area contributed by atoms with Crippen molar-refractivity contribution >= 4 is 37.9 Å². The maximum atomic E-state index is 13.3. The smallest absolute Gasteiger partial charge is 0.316 e. The SMILES string of the molecule is COc1ccccc1Oc1c(NS(=O)(=O)NCc2ccccc2)nc(N2CCCCC2)nc1OCCOc1ncc(Br)cn1. The van der Waals surface area contributed by atoms with Crippen molar-refractivity contribution in [1.29, 1.82) is 0 Å². The summed E-state index contributed by atoms with van der Waals surface area (Å²) >= 11 is 3.29. The molecular formula is C29H32BrN7O6S. The predicted octanol–water partition coefficient (Wildman–Crippen LogP) is 4.72. The Morgan fingerprint density at radius 2 is 1.57 bits per heavy atom. The van der Waals surface area contributed by atoms with Crippen LogP contribution < -0.4 is 33.3 Å². The molecule has 0 saturated carbocycles. The molecule has 0 unspecified atom stereocenters. The second kappa shape index (κ2) is 15.0. The monoisotopic (exact) mass is 685 g/mol. The number of para-hydroxylation sites is 2. The lowest BCUT2D eigenvalue weighted by molar-refractivity contribution is 0.197. The first-order chi connectivity index (χ1) is 21.4. The number of ether oxygens (including phenoxy) is 4. The van der Waals surface area contributed by atoms with E-state index in [4.69, 9.17) is 18.9 Å². The van der Waals surface area contributed by atoms with Crippen molar-refractivity contribution in [3.05, 3.63) is 77.0 Å². The van der Waals surface area contributed by atoms with E-state index in [1.807, 2.05) is 35.2 Å². The first-order valence-electron chi connectivity index (χ1n) is 13.9. The Morgan fingerprint density at radius 1 is 0.886 bits per heavy atom. The summed E-state index contributed by atoms with van der Waals surface area (Å²) in [7, 11) is -2.60. The largest absolute Gasteiger partial charge is 0.493 e. The standard InChI is InChI=1S/C29H32BrN7O6S/c1-40-23-12-6-7-13-24(23)43-25-26(36-44(38,39)33-18-21-10-4-2-5-11-21)34-28(37-14-8-3-9-15-37)35-27(25)41-16-17-42-29-31-19-22(30)20-32-29/h2,4-7,10-13,19-20,33H,3,8-9,14-18H2,1H3,(H,34,35,36). The average Bonchev–Trinajstić information content (AvgIpc) is 3.05. The van der Waals surface area contributed by atoms with E-state index >= 15 is 0 Å². The highest BCUT2D eigenvalue weighted by atomic mass is 79.9. The van der Waals surface area contributed by atoms with Crippen LogP contribution in [0.15, 0.2) is 71.5 Å². The Kier molecular flexibility index (Phi) is 10.6. The number of benzene rings is 2. The number of hydrogen-bond donors (Lipinski definition) is 2. The van der Waals surface area contributed by atoms with E-state index in [-0.39, 0.29) is 43.2 Å². The summed E-state index contributed by atoms with van der Waals surface area (Å²) < 4.78 is 55.7. The third-order valence-corrected chi connectivity index (χ3v) is 7.83. The first-order valence-corrected chi connectivity index (χ1v) is 16.2. The van der Waals surface area contributed by atoms with Crippen LogP contribution in [0.4, 0.5) is 11.8 Å². The number of anilines is 2. The Labute approximate surface area is 264 Å². The van der Waals surface area contributed by atoms with Gasteiger partial charge < -0.3 is 23.8 Å². The zero-order chi connectivity index (χ0) is 30.8. The number of piperidine rings is 1. The van der Waals surface area contributed by atoms with Gasteiger partial charge >= 0.3 is 16.2 Å². The van der Waals surface area contributed by atoms with E-state index in [9.17, 15) is 8.42 Å². The lowest BCUT2D eigenvalue weighted by Gasteiger charge is -2.28. The van der Waals surface area contributed by atoms with Crippen LogP contribution in [-0.4, -0.2) is 61.8 Å². The minimum absolute atomic E-state index is 0.0209. The molecule has 2 N–H and O–H groups in total. The van der Waals surface area contributed by atoms with Crippen LogP contribution in [0, 0.1) is 0 Å². The Bertz CT molecular complexity index is 1630. The van der Waals surface area contributed by atoms with Crippen LogP contribution >= 0.6 is 15.9 Å². The van der Waals surface area contributed by atoms with Crippen LogP contribution in [0.3, 0.4) is 0 Å². The molecule has 44 heavy (non-hydrogen) atoms. The summed E-state index contributed by atoms with van der Waals surface area (Å²) in [6.07, 6.45) is 6.15. The summed E-state index contributed by atoms with van der Waals surface area (Å²) in [5.41, 5.74) is 0.791. The number of halogens is 1. The van der Waals surface area contributed by atoms with Gasteiger partial charge in [-0.3, -0.25) is 4.72 Å². The summed E-state index contributed by atoms with van der Waals surface area (Å²) in [4.78, 5) is 19.5. The lowest BCUT2D eigenvalue weighted by atomic mass is 10.1. The predicted molar refractivity (Wildman–Crippen MR) is 168 cm³/mol. The maximum absolute atomic E-state index is 13.3. The molecule has 4 aromatic rings. The molecule has 1 saturated heterocycles. The van der Waals surface area contributed by atoms with Crippen LogP contribution in [0.1, 0.15) is 24.8 Å². The van der Waals surface area contributed by atoms with Crippen molar-refractivity contribution in [2.75, 3.05) is 43.0 Å². The van der Waals surface area contributed by atoms with Crippen molar-refractivity contribution in [1.82, 2.24) is 24.7 Å². The minimum Gasteiger partial charge on any atom is -0.493 e. The molecular weight excluding hydrogens is 654 g/mol. The van der Waals surface area contributed by atoms with Gasteiger partial charge in [-0.15, -0.1) is 0 Å². The number of nitrogens with zero attached hydrogens (tertiary/aromatic N) is 5. The fourth-order valence-electron chi connectivity index (χ4n) is 4.31. The molecule has 1 fully saturated rings. The van der Waals surface area contributed by atoms with E-state index in [1.54, 1.807) is 36.7 Å². The van der Waals surface area contributed by atoms with Crippen molar-refractivity contribution in [2.24, 2.45) is 0 Å². The molecule has 2 aromatic carbocycles. The highest BCUT2D eigenvalue weighted by Crippen LogP contribution is 2.41. The van der Waals surface area contributed by atoms with Crippen LogP contribution in [0.25, 0.3) is 0 Å². The van der Waals surface area contributed by atoms with Gasteiger partial charge in [0.05, 0.1) is 11.6 Å². The van der Waals surface area contributed by atoms with Crippen LogP contribution in [0.5, 0.6) is 29.1 Å². The summed E-state index contributed by atoms with van der Waals surface area (Å²) in [5, 5.41) is 0. The molecule has 0 bridgehead atoms. The van der Waals surface area contributed by atoms with Gasteiger partial charge in [0.25, 0.3) is 5.88 Å². The Balaban J connectivity index is 1.47. The Morgan fingerprint density at radius 3 is 2.30 bits per heavy atom. The van der Waals surface area contributed by atoms with Crippen LogP contribution in [-0.2, 0) is 16.8 Å². The molecule has 1 aliphatic heterocycles. The van der Waals surface area contributed by atoms with Gasteiger partial charge in [0, 0.05) is 32.0 Å². The zero-order valence-electron chi connectivity index (χ0n) is 24.0. The number of hydrogen-bond acceptors (Lipinski definition) is 11. The first kappa shape index (κ1) is 31.2. The third-order valence-electron chi connectivity index (χ3n) is 6.43.